The largest absolute Gasteiger partial charge is 0.495 e. The molecule has 1 atom stereocenters. The van der Waals surface area contributed by atoms with Crippen molar-refractivity contribution in [3.05, 3.63) is 53.3 Å². The van der Waals surface area contributed by atoms with Gasteiger partial charge in [-0.25, -0.2) is 0 Å². The van der Waals surface area contributed by atoms with Crippen molar-refractivity contribution < 1.29 is 9.53 Å². The molecule has 9 heteroatoms. The van der Waals surface area contributed by atoms with Gasteiger partial charge in [0.1, 0.15) is 12.3 Å². The summed E-state index contributed by atoms with van der Waals surface area (Å²) in [6.07, 6.45) is 3.41. The van der Waals surface area contributed by atoms with Gasteiger partial charge in [0.25, 0.3) is 0 Å². The molecule has 1 aliphatic rings. The van der Waals surface area contributed by atoms with Gasteiger partial charge in [-0.3, -0.25) is 14.8 Å². The summed E-state index contributed by atoms with van der Waals surface area (Å²) in [6, 6.07) is 9.55. The number of hydrogen-bond acceptors (Lipinski definition) is 6. The highest BCUT2D eigenvalue weighted by Crippen LogP contribution is 2.30. The van der Waals surface area contributed by atoms with E-state index in [9.17, 15) is 4.79 Å². The number of alkyl halides is 1. The Morgan fingerprint density at radius 3 is 2.66 bits per heavy atom. The number of carbonyl (C=O) groups is 1. The standard InChI is InChI=1S/C23H29Cl2N5O2/c1-4-29(27-21(14-24)18-7-9-26-10-8-18)16-23(31)30-12-11-28(15-17(30)2)19-5-6-20(25)22(13-19)32-3/h5-10,13,17H,4,11-12,14-16H2,1-3H3/b27-21+. The molecule has 0 aliphatic carbocycles. The number of pyridine rings is 1. The van der Waals surface area contributed by atoms with Gasteiger partial charge < -0.3 is 14.5 Å². The van der Waals surface area contributed by atoms with Gasteiger partial charge in [-0.05, 0) is 38.1 Å². The Balaban J connectivity index is 1.64. The summed E-state index contributed by atoms with van der Waals surface area (Å²) in [6.45, 7) is 6.97. The number of amides is 1. The average Bonchev–Trinajstić information content (AvgIpc) is 2.82. The van der Waals surface area contributed by atoms with Crippen molar-refractivity contribution in [2.75, 3.05) is 50.6 Å². The number of benzene rings is 1. The van der Waals surface area contributed by atoms with E-state index in [0.29, 0.717) is 23.9 Å². The zero-order valence-corrected chi connectivity index (χ0v) is 20.2. The first kappa shape index (κ1) is 24.1. The Hall–Kier alpha value is -2.51. The molecule has 1 fully saturated rings. The predicted octanol–water partition coefficient (Wildman–Crippen LogP) is 3.75. The number of anilines is 1. The molecule has 1 amide bonds. The third-order valence-corrected chi connectivity index (χ3v) is 6.10. The fourth-order valence-corrected chi connectivity index (χ4v) is 4.15. The monoisotopic (exact) mass is 477 g/mol. The maximum atomic E-state index is 13.1. The summed E-state index contributed by atoms with van der Waals surface area (Å²) in [7, 11) is 1.61. The molecule has 1 unspecified atom stereocenters. The first-order valence-electron chi connectivity index (χ1n) is 10.6. The summed E-state index contributed by atoms with van der Waals surface area (Å²) in [4.78, 5) is 21.3. The van der Waals surface area contributed by atoms with Crippen LogP contribution in [-0.4, -0.2) is 78.3 Å². The molecule has 172 valence electrons. The maximum Gasteiger partial charge on any atom is 0.244 e. The number of piperazine rings is 1. The third kappa shape index (κ3) is 5.84. The SMILES string of the molecule is CCN(CC(=O)N1CCN(c2ccc(Cl)c(OC)c2)CC1C)/N=C(\CCl)c1ccncc1. The molecule has 1 aliphatic heterocycles. The molecule has 3 rings (SSSR count). The summed E-state index contributed by atoms with van der Waals surface area (Å²) in [5, 5.41) is 6.99. The van der Waals surface area contributed by atoms with Crippen LogP contribution in [0.2, 0.25) is 5.02 Å². The van der Waals surface area contributed by atoms with Crippen LogP contribution in [0.1, 0.15) is 19.4 Å². The van der Waals surface area contributed by atoms with Crippen LogP contribution in [0.25, 0.3) is 0 Å². The van der Waals surface area contributed by atoms with E-state index in [1.54, 1.807) is 24.5 Å². The number of ether oxygens (including phenoxy) is 1. The number of carbonyl (C=O) groups excluding carboxylic acids is 1. The van der Waals surface area contributed by atoms with Crippen LogP contribution in [0, 0.1) is 0 Å². The van der Waals surface area contributed by atoms with Gasteiger partial charge in [-0.2, -0.15) is 5.10 Å². The van der Waals surface area contributed by atoms with E-state index in [1.807, 2.05) is 42.2 Å². The third-order valence-electron chi connectivity index (χ3n) is 5.53. The van der Waals surface area contributed by atoms with Crippen LogP contribution in [0.4, 0.5) is 5.69 Å². The molecule has 2 heterocycles. The summed E-state index contributed by atoms with van der Waals surface area (Å²) < 4.78 is 5.34. The van der Waals surface area contributed by atoms with Crippen molar-refractivity contribution in [2.45, 2.75) is 19.9 Å². The second-order valence-corrected chi connectivity index (χ2v) is 8.27. The Kier molecular flexibility index (Phi) is 8.59. The smallest absolute Gasteiger partial charge is 0.244 e. The summed E-state index contributed by atoms with van der Waals surface area (Å²) in [5.41, 5.74) is 2.66. The highest BCUT2D eigenvalue weighted by atomic mass is 35.5. The first-order valence-corrected chi connectivity index (χ1v) is 11.5. The zero-order chi connectivity index (χ0) is 23.1. The molecule has 1 aromatic heterocycles. The highest BCUT2D eigenvalue weighted by molar-refractivity contribution is 6.32. The minimum absolute atomic E-state index is 0.0556. The number of nitrogens with zero attached hydrogens (tertiary/aromatic N) is 5. The van der Waals surface area contributed by atoms with Crippen LogP contribution in [0.15, 0.2) is 47.8 Å². The van der Waals surface area contributed by atoms with Gasteiger partial charge in [-0.15, -0.1) is 11.6 Å². The van der Waals surface area contributed by atoms with Crippen LogP contribution >= 0.6 is 23.2 Å². The van der Waals surface area contributed by atoms with Crippen LogP contribution in [0.5, 0.6) is 5.75 Å². The molecule has 2 aromatic rings. The van der Waals surface area contributed by atoms with Crippen molar-refractivity contribution in [3.8, 4) is 5.75 Å². The van der Waals surface area contributed by atoms with Crippen LogP contribution < -0.4 is 9.64 Å². The van der Waals surface area contributed by atoms with Crippen molar-refractivity contribution in [2.24, 2.45) is 5.10 Å². The van der Waals surface area contributed by atoms with E-state index in [2.05, 4.69) is 21.9 Å². The summed E-state index contributed by atoms with van der Waals surface area (Å²) in [5.74, 6) is 0.963. The number of methoxy groups -OCH3 is 1. The van der Waals surface area contributed by atoms with Gasteiger partial charge in [0.15, 0.2) is 0 Å². The lowest BCUT2D eigenvalue weighted by Crippen LogP contribution is -2.55. The molecular weight excluding hydrogens is 449 g/mol. The first-order chi connectivity index (χ1) is 15.5. The molecule has 0 N–H and O–H groups in total. The van der Waals surface area contributed by atoms with Crippen LogP contribution in [-0.2, 0) is 4.79 Å². The number of aromatic nitrogens is 1. The molecule has 7 nitrogen and oxygen atoms in total. The van der Waals surface area contributed by atoms with Gasteiger partial charge in [0, 0.05) is 61.9 Å². The molecule has 0 radical (unpaired) electrons. The molecule has 0 saturated carbocycles. The van der Waals surface area contributed by atoms with Crippen molar-refractivity contribution in [1.82, 2.24) is 14.9 Å². The van der Waals surface area contributed by atoms with E-state index in [-0.39, 0.29) is 24.4 Å². The van der Waals surface area contributed by atoms with E-state index >= 15 is 0 Å². The van der Waals surface area contributed by atoms with E-state index < -0.39 is 0 Å². The van der Waals surface area contributed by atoms with Gasteiger partial charge in [0.2, 0.25) is 5.91 Å². The molecule has 1 aromatic carbocycles. The maximum absolute atomic E-state index is 13.1. The van der Waals surface area contributed by atoms with Crippen LogP contribution in [0.3, 0.4) is 0 Å². The van der Waals surface area contributed by atoms with Crippen molar-refractivity contribution >= 4 is 40.5 Å². The van der Waals surface area contributed by atoms with Gasteiger partial charge in [0.05, 0.1) is 23.7 Å². The fourth-order valence-electron chi connectivity index (χ4n) is 3.75. The van der Waals surface area contributed by atoms with Crippen molar-refractivity contribution in [1.29, 1.82) is 0 Å². The lowest BCUT2D eigenvalue weighted by molar-refractivity contribution is -0.134. The normalized spacial score (nSPS) is 16.8. The number of halogens is 2. The molecular formula is C23H29Cl2N5O2. The molecule has 0 spiro atoms. The second-order valence-electron chi connectivity index (χ2n) is 7.60. The van der Waals surface area contributed by atoms with Gasteiger partial charge in [-0.1, -0.05) is 11.6 Å². The molecule has 0 bridgehead atoms. The minimum Gasteiger partial charge on any atom is -0.495 e. The lowest BCUT2D eigenvalue weighted by Gasteiger charge is -2.41. The fraction of sp³-hybridized carbons (Fsp3) is 0.435. The Morgan fingerprint density at radius 1 is 1.28 bits per heavy atom. The van der Waals surface area contributed by atoms with E-state index in [4.69, 9.17) is 27.9 Å². The quantitative estimate of drug-likeness (QED) is 0.329. The topological polar surface area (TPSA) is 61.3 Å². The minimum atomic E-state index is 0.0556. The Bertz CT molecular complexity index is 941. The number of hydrazone groups is 1. The average molecular weight is 478 g/mol. The van der Waals surface area contributed by atoms with Crippen molar-refractivity contribution in [3.63, 3.8) is 0 Å². The van der Waals surface area contributed by atoms with E-state index in [0.717, 1.165) is 30.1 Å². The zero-order valence-electron chi connectivity index (χ0n) is 18.7. The predicted molar refractivity (Wildman–Crippen MR) is 130 cm³/mol. The van der Waals surface area contributed by atoms with Gasteiger partial charge >= 0.3 is 0 Å². The Morgan fingerprint density at radius 2 is 2.03 bits per heavy atom. The number of rotatable bonds is 8. The lowest BCUT2D eigenvalue weighted by atomic mass is 10.1. The highest BCUT2D eigenvalue weighted by Gasteiger charge is 2.28. The molecule has 1 saturated heterocycles. The molecule has 32 heavy (non-hydrogen) atoms. The van der Waals surface area contributed by atoms with E-state index in [1.165, 1.54) is 0 Å². The second kappa shape index (κ2) is 11.4. The summed E-state index contributed by atoms with van der Waals surface area (Å²) >= 11 is 12.3. The number of likely N-dealkylation sites (N-methyl/N-ethyl adjacent to an activating group) is 1. The number of hydrogen-bond donors (Lipinski definition) is 0. The Labute approximate surface area is 199 Å².